The highest BCUT2D eigenvalue weighted by atomic mass is 16.4. The van der Waals surface area contributed by atoms with Crippen LogP contribution in [0.25, 0.3) is 0 Å². The molecule has 1 fully saturated rings. The Morgan fingerprint density at radius 1 is 1.40 bits per heavy atom. The van der Waals surface area contributed by atoms with Gasteiger partial charge in [-0.15, -0.1) is 0 Å². The lowest BCUT2D eigenvalue weighted by Gasteiger charge is -2.24. The molecule has 3 rings (SSSR count). The maximum absolute atomic E-state index is 12.7. The number of carbonyl (C=O) groups excluding carboxylic acids is 2. The maximum Gasteiger partial charge on any atom is 0.226 e. The highest BCUT2D eigenvalue weighted by molar-refractivity contribution is 5.90. The Labute approximate surface area is 146 Å². The summed E-state index contributed by atoms with van der Waals surface area (Å²) in [4.78, 5) is 30.7. The summed E-state index contributed by atoms with van der Waals surface area (Å²) < 4.78 is 7.26. The molecular formula is C17H23N5O3. The molecule has 1 saturated heterocycles. The minimum atomic E-state index is -0.457. The summed E-state index contributed by atoms with van der Waals surface area (Å²) in [6.07, 6.45) is 4.34. The van der Waals surface area contributed by atoms with E-state index in [1.54, 1.807) is 29.0 Å². The average molecular weight is 345 g/mol. The van der Waals surface area contributed by atoms with Crippen LogP contribution in [0.5, 0.6) is 0 Å². The normalized spacial score (nSPS) is 20.3. The molecule has 0 saturated carbocycles. The molecule has 2 atom stereocenters. The van der Waals surface area contributed by atoms with Gasteiger partial charge in [0.05, 0.1) is 30.9 Å². The third kappa shape index (κ3) is 3.16. The standard InChI is InChI=1S/C17H23N5O3/c1-5-11-7-18-14(25-11)9-19-17(24)12-6-15(23)21(3)16(12)13-8-20-22(4)10(13)2/h7-8,12,16H,5-6,9H2,1-4H3,(H,19,24)/t12-,16-/m0/s1. The first kappa shape index (κ1) is 17.2. The van der Waals surface area contributed by atoms with Crippen molar-refractivity contribution in [3.63, 3.8) is 0 Å². The molecule has 0 unspecified atom stereocenters. The van der Waals surface area contributed by atoms with Crippen molar-refractivity contribution in [2.24, 2.45) is 13.0 Å². The van der Waals surface area contributed by atoms with Crippen LogP contribution in [0.1, 0.15) is 42.3 Å². The van der Waals surface area contributed by atoms with E-state index >= 15 is 0 Å². The van der Waals surface area contributed by atoms with Crippen molar-refractivity contribution >= 4 is 11.8 Å². The third-order valence-corrected chi connectivity index (χ3v) is 4.88. The Bertz CT molecular complexity index is 794. The van der Waals surface area contributed by atoms with Gasteiger partial charge in [-0.1, -0.05) is 6.92 Å². The van der Waals surface area contributed by atoms with Crippen LogP contribution < -0.4 is 5.32 Å². The predicted molar refractivity (Wildman–Crippen MR) is 89.3 cm³/mol. The van der Waals surface area contributed by atoms with E-state index < -0.39 is 5.92 Å². The first-order valence-electron chi connectivity index (χ1n) is 8.37. The van der Waals surface area contributed by atoms with E-state index in [2.05, 4.69) is 15.4 Å². The van der Waals surface area contributed by atoms with E-state index in [0.29, 0.717) is 5.89 Å². The van der Waals surface area contributed by atoms with Gasteiger partial charge in [-0.2, -0.15) is 5.10 Å². The minimum Gasteiger partial charge on any atom is -0.444 e. The topological polar surface area (TPSA) is 93.3 Å². The number of amides is 2. The molecule has 0 bridgehead atoms. The Morgan fingerprint density at radius 3 is 2.76 bits per heavy atom. The number of likely N-dealkylation sites (tertiary alicyclic amines) is 1. The first-order chi connectivity index (χ1) is 11.9. The number of carbonyl (C=O) groups is 2. The summed E-state index contributed by atoms with van der Waals surface area (Å²) in [5, 5.41) is 7.09. The molecule has 0 radical (unpaired) electrons. The van der Waals surface area contributed by atoms with E-state index in [9.17, 15) is 9.59 Å². The molecule has 1 aliphatic heterocycles. The first-order valence-corrected chi connectivity index (χ1v) is 8.37. The predicted octanol–water partition coefficient (Wildman–Crippen LogP) is 1.11. The lowest BCUT2D eigenvalue weighted by molar-refractivity contribution is -0.128. The zero-order chi connectivity index (χ0) is 18.1. The Balaban J connectivity index is 1.75. The molecule has 8 heteroatoms. The highest BCUT2D eigenvalue weighted by Gasteiger charge is 2.43. The van der Waals surface area contributed by atoms with E-state index in [1.165, 1.54) is 0 Å². The number of nitrogens with zero attached hydrogens (tertiary/aromatic N) is 4. The maximum atomic E-state index is 12.7. The second kappa shape index (κ2) is 6.70. The van der Waals surface area contributed by atoms with Gasteiger partial charge in [-0.25, -0.2) is 4.98 Å². The van der Waals surface area contributed by atoms with Crippen molar-refractivity contribution in [1.82, 2.24) is 25.0 Å². The summed E-state index contributed by atoms with van der Waals surface area (Å²) in [5.41, 5.74) is 1.85. The van der Waals surface area contributed by atoms with Gasteiger partial charge in [0.2, 0.25) is 17.7 Å². The number of hydrogen-bond acceptors (Lipinski definition) is 5. The molecule has 8 nitrogen and oxygen atoms in total. The van der Waals surface area contributed by atoms with Crippen molar-refractivity contribution in [2.75, 3.05) is 7.05 Å². The second-order valence-electron chi connectivity index (χ2n) is 6.36. The molecule has 0 spiro atoms. The average Bonchev–Trinajstić information content (AvgIpc) is 3.27. The van der Waals surface area contributed by atoms with Crippen LogP contribution in [-0.2, 0) is 29.6 Å². The van der Waals surface area contributed by atoms with Gasteiger partial charge in [0, 0.05) is 38.2 Å². The fraction of sp³-hybridized carbons (Fsp3) is 0.529. The van der Waals surface area contributed by atoms with Crippen molar-refractivity contribution in [2.45, 2.75) is 39.3 Å². The summed E-state index contributed by atoms with van der Waals surface area (Å²) in [6.45, 7) is 4.13. The van der Waals surface area contributed by atoms with Gasteiger partial charge in [0.1, 0.15) is 5.76 Å². The molecular weight excluding hydrogens is 322 g/mol. The van der Waals surface area contributed by atoms with E-state index in [1.807, 2.05) is 20.9 Å². The van der Waals surface area contributed by atoms with Crippen LogP contribution in [0.2, 0.25) is 0 Å². The molecule has 0 aliphatic carbocycles. The fourth-order valence-electron chi connectivity index (χ4n) is 3.22. The summed E-state index contributed by atoms with van der Waals surface area (Å²) in [5.74, 6) is 0.571. The third-order valence-electron chi connectivity index (χ3n) is 4.88. The summed E-state index contributed by atoms with van der Waals surface area (Å²) in [7, 11) is 3.58. The van der Waals surface area contributed by atoms with Gasteiger partial charge in [0.25, 0.3) is 0 Å². The van der Waals surface area contributed by atoms with Gasteiger partial charge < -0.3 is 14.6 Å². The Hall–Kier alpha value is -2.64. The van der Waals surface area contributed by atoms with E-state index in [-0.39, 0.29) is 30.8 Å². The fourth-order valence-corrected chi connectivity index (χ4v) is 3.22. The summed E-state index contributed by atoms with van der Waals surface area (Å²) in [6, 6.07) is -0.308. The zero-order valence-corrected chi connectivity index (χ0v) is 14.9. The second-order valence-corrected chi connectivity index (χ2v) is 6.36. The van der Waals surface area contributed by atoms with Crippen molar-refractivity contribution in [3.05, 3.63) is 35.3 Å². The molecule has 134 valence electrons. The SMILES string of the molecule is CCc1cnc(CNC(=O)[C@H]2CC(=O)N(C)[C@@H]2c2cnn(C)c2C)o1. The highest BCUT2D eigenvalue weighted by Crippen LogP contribution is 2.38. The largest absolute Gasteiger partial charge is 0.444 e. The van der Waals surface area contributed by atoms with Crippen LogP contribution in [0.4, 0.5) is 0 Å². The van der Waals surface area contributed by atoms with Crippen molar-refractivity contribution in [1.29, 1.82) is 0 Å². The van der Waals surface area contributed by atoms with Crippen molar-refractivity contribution < 1.29 is 14.0 Å². The molecule has 0 aromatic carbocycles. The number of rotatable bonds is 5. The molecule has 3 heterocycles. The van der Waals surface area contributed by atoms with Crippen LogP contribution in [0.15, 0.2) is 16.8 Å². The van der Waals surface area contributed by atoms with E-state index in [0.717, 1.165) is 23.4 Å². The number of hydrogen-bond donors (Lipinski definition) is 1. The number of aryl methyl sites for hydroxylation is 2. The molecule has 2 amide bonds. The quantitative estimate of drug-likeness (QED) is 0.876. The number of oxazole rings is 1. The minimum absolute atomic E-state index is 0.0437. The van der Waals surface area contributed by atoms with Crippen LogP contribution in [-0.4, -0.2) is 38.5 Å². The number of nitrogens with one attached hydrogen (secondary N) is 1. The van der Waals surface area contributed by atoms with Gasteiger partial charge in [-0.3, -0.25) is 14.3 Å². The zero-order valence-electron chi connectivity index (χ0n) is 14.9. The lowest BCUT2D eigenvalue weighted by Crippen LogP contribution is -2.34. The van der Waals surface area contributed by atoms with Crippen molar-refractivity contribution in [3.8, 4) is 0 Å². The van der Waals surface area contributed by atoms with Gasteiger partial charge >= 0.3 is 0 Å². The van der Waals surface area contributed by atoms with E-state index in [4.69, 9.17) is 4.42 Å². The molecule has 25 heavy (non-hydrogen) atoms. The lowest BCUT2D eigenvalue weighted by atomic mass is 9.93. The Kier molecular flexibility index (Phi) is 4.61. The molecule has 2 aromatic heterocycles. The van der Waals surface area contributed by atoms with Crippen LogP contribution in [0, 0.1) is 12.8 Å². The van der Waals surface area contributed by atoms with Crippen LogP contribution in [0.3, 0.4) is 0 Å². The molecule has 2 aromatic rings. The molecule has 1 N–H and O–H groups in total. The summed E-state index contributed by atoms with van der Waals surface area (Å²) >= 11 is 0. The number of aromatic nitrogens is 3. The Morgan fingerprint density at radius 2 is 2.16 bits per heavy atom. The van der Waals surface area contributed by atoms with Gasteiger partial charge in [-0.05, 0) is 6.92 Å². The molecule has 1 aliphatic rings. The van der Waals surface area contributed by atoms with Crippen LogP contribution >= 0.6 is 0 Å². The van der Waals surface area contributed by atoms with Gasteiger partial charge in [0.15, 0.2) is 0 Å². The smallest absolute Gasteiger partial charge is 0.226 e. The monoisotopic (exact) mass is 345 g/mol.